The van der Waals surface area contributed by atoms with E-state index in [0.29, 0.717) is 12.5 Å². The number of nitriles is 1. The van der Waals surface area contributed by atoms with Crippen molar-refractivity contribution in [2.75, 3.05) is 13.2 Å². The third-order valence-electron chi connectivity index (χ3n) is 1.45. The van der Waals surface area contributed by atoms with Gasteiger partial charge in [0, 0.05) is 6.04 Å². The zero-order valence-corrected chi connectivity index (χ0v) is 7.17. The van der Waals surface area contributed by atoms with E-state index in [1.165, 1.54) is 0 Å². The van der Waals surface area contributed by atoms with Crippen LogP contribution >= 0.6 is 0 Å². The van der Waals surface area contributed by atoms with Crippen LogP contribution in [0.25, 0.3) is 0 Å². The fourth-order valence-electron chi connectivity index (χ4n) is 0.981. The van der Waals surface area contributed by atoms with Crippen molar-refractivity contribution in [3.8, 4) is 6.07 Å². The van der Waals surface area contributed by atoms with Crippen LogP contribution in [0.3, 0.4) is 0 Å². The van der Waals surface area contributed by atoms with Gasteiger partial charge in [-0.2, -0.15) is 5.26 Å². The highest BCUT2D eigenvalue weighted by Gasteiger charge is 2.07. The zero-order chi connectivity index (χ0) is 8.69. The van der Waals surface area contributed by atoms with E-state index in [2.05, 4.69) is 19.2 Å². The van der Waals surface area contributed by atoms with E-state index in [4.69, 9.17) is 10.4 Å². The SMILES string of the molecule is CC(C)CC(CO)NCC#N. The van der Waals surface area contributed by atoms with Crippen molar-refractivity contribution in [3.63, 3.8) is 0 Å². The Hall–Kier alpha value is -0.590. The largest absolute Gasteiger partial charge is 0.395 e. The molecule has 64 valence electrons. The molecule has 0 fully saturated rings. The molecule has 0 spiro atoms. The van der Waals surface area contributed by atoms with Gasteiger partial charge in [0.1, 0.15) is 0 Å². The number of rotatable bonds is 5. The summed E-state index contributed by atoms with van der Waals surface area (Å²) in [5.41, 5.74) is 0. The van der Waals surface area contributed by atoms with Crippen LogP contribution in [0.5, 0.6) is 0 Å². The molecule has 0 aromatic rings. The molecule has 0 bridgehead atoms. The second kappa shape index (κ2) is 6.14. The van der Waals surface area contributed by atoms with Gasteiger partial charge < -0.3 is 5.11 Å². The van der Waals surface area contributed by atoms with Crippen molar-refractivity contribution in [3.05, 3.63) is 0 Å². The molecule has 0 saturated heterocycles. The minimum Gasteiger partial charge on any atom is -0.395 e. The maximum Gasteiger partial charge on any atom is 0.0843 e. The highest BCUT2D eigenvalue weighted by molar-refractivity contribution is 4.77. The topological polar surface area (TPSA) is 56.0 Å². The number of nitrogens with one attached hydrogen (secondary N) is 1. The Bertz CT molecular complexity index is 129. The Morgan fingerprint density at radius 3 is 2.55 bits per heavy atom. The van der Waals surface area contributed by atoms with Gasteiger partial charge in [-0.3, -0.25) is 5.32 Å². The van der Waals surface area contributed by atoms with Gasteiger partial charge in [0.05, 0.1) is 19.2 Å². The maximum atomic E-state index is 8.83. The predicted molar refractivity (Wildman–Crippen MR) is 43.9 cm³/mol. The molecule has 3 heteroatoms. The van der Waals surface area contributed by atoms with E-state index in [1.54, 1.807) is 0 Å². The lowest BCUT2D eigenvalue weighted by molar-refractivity contribution is 0.228. The van der Waals surface area contributed by atoms with E-state index in [-0.39, 0.29) is 12.6 Å². The summed E-state index contributed by atoms with van der Waals surface area (Å²) in [5.74, 6) is 0.554. The Morgan fingerprint density at radius 2 is 2.18 bits per heavy atom. The number of aliphatic hydroxyl groups is 1. The van der Waals surface area contributed by atoms with E-state index < -0.39 is 0 Å². The van der Waals surface area contributed by atoms with E-state index in [1.807, 2.05) is 6.07 Å². The molecule has 11 heavy (non-hydrogen) atoms. The molecule has 0 amide bonds. The Labute approximate surface area is 68.0 Å². The van der Waals surface area contributed by atoms with Gasteiger partial charge in [-0.15, -0.1) is 0 Å². The van der Waals surface area contributed by atoms with Crippen LogP contribution in [0.4, 0.5) is 0 Å². The number of aliphatic hydroxyl groups excluding tert-OH is 1. The first-order valence-corrected chi connectivity index (χ1v) is 3.92. The Balaban J connectivity index is 3.51. The molecule has 0 radical (unpaired) electrons. The summed E-state index contributed by atoms with van der Waals surface area (Å²) in [7, 11) is 0. The molecule has 0 heterocycles. The monoisotopic (exact) mass is 156 g/mol. The van der Waals surface area contributed by atoms with Crippen molar-refractivity contribution in [1.82, 2.24) is 5.32 Å². The van der Waals surface area contributed by atoms with Crippen LogP contribution in [0.15, 0.2) is 0 Å². The summed E-state index contributed by atoms with van der Waals surface area (Å²) < 4.78 is 0. The van der Waals surface area contributed by atoms with Crippen molar-refractivity contribution in [2.24, 2.45) is 5.92 Å². The van der Waals surface area contributed by atoms with Crippen LogP contribution < -0.4 is 5.32 Å². The lowest BCUT2D eigenvalue weighted by Gasteiger charge is -2.15. The van der Waals surface area contributed by atoms with Crippen molar-refractivity contribution in [1.29, 1.82) is 5.26 Å². The second-order valence-electron chi connectivity index (χ2n) is 3.05. The minimum atomic E-state index is 0.0784. The number of hydrogen-bond donors (Lipinski definition) is 2. The standard InChI is InChI=1S/C8H16N2O/c1-7(2)5-8(6-11)10-4-3-9/h7-8,10-11H,4-6H2,1-2H3. The number of nitrogens with zero attached hydrogens (tertiary/aromatic N) is 1. The average molecular weight is 156 g/mol. The summed E-state index contributed by atoms with van der Waals surface area (Å²) in [4.78, 5) is 0. The summed E-state index contributed by atoms with van der Waals surface area (Å²) in [6.45, 7) is 4.62. The molecule has 0 aromatic carbocycles. The summed E-state index contributed by atoms with van der Waals surface area (Å²) in [6.07, 6.45) is 0.915. The molecule has 0 rings (SSSR count). The van der Waals surface area contributed by atoms with Crippen LogP contribution in [-0.4, -0.2) is 24.3 Å². The molecular formula is C8H16N2O. The summed E-state index contributed by atoms with van der Waals surface area (Å²) in [5, 5.41) is 20.0. The van der Waals surface area contributed by atoms with E-state index in [9.17, 15) is 0 Å². The fraction of sp³-hybridized carbons (Fsp3) is 0.875. The van der Waals surface area contributed by atoms with Gasteiger partial charge in [-0.25, -0.2) is 0 Å². The smallest absolute Gasteiger partial charge is 0.0843 e. The molecule has 0 aromatic heterocycles. The van der Waals surface area contributed by atoms with Gasteiger partial charge in [0.2, 0.25) is 0 Å². The molecule has 0 saturated carbocycles. The van der Waals surface area contributed by atoms with Crippen LogP contribution in [0, 0.1) is 17.2 Å². The number of hydrogen-bond acceptors (Lipinski definition) is 3. The van der Waals surface area contributed by atoms with Gasteiger partial charge in [-0.1, -0.05) is 13.8 Å². The normalized spacial score (nSPS) is 13.0. The lowest BCUT2D eigenvalue weighted by Crippen LogP contribution is -2.33. The predicted octanol–water partition coefficient (Wildman–Crippen LogP) is 0.507. The summed E-state index contributed by atoms with van der Waals surface area (Å²) in [6, 6.07) is 2.06. The van der Waals surface area contributed by atoms with Gasteiger partial charge >= 0.3 is 0 Å². The Kier molecular flexibility index (Phi) is 5.81. The molecule has 0 aliphatic heterocycles. The molecule has 2 N–H and O–H groups in total. The van der Waals surface area contributed by atoms with Crippen LogP contribution in [0.2, 0.25) is 0 Å². The summed E-state index contributed by atoms with van der Waals surface area (Å²) >= 11 is 0. The quantitative estimate of drug-likeness (QED) is 0.570. The highest BCUT2D eigenvalue weighted by atomic mass is 16.3. The van der Waals surface area contributed by atoms with Crippen molar-refractivity contribution in [2.45, 2.75) is 26.3 Å². The second-order valence-corrected chi connectivity index (χ2v) is 3.05. The third kappa shape index (κ3) is 5.84. The lowest BCUT2D eigenvalue weighted by atomic mass is 10.0. The molecular weight excluding hydrogens is 140 g/mol. The molecule has 3 nitrogen and oxygen atoms in total. The Morgan fingerprint density at radius 1 is 1.55 bits per heavy atom. The first kappa shape index (κ1) is 10.4. The van der Waals surface area contributed by atoms with E-state index >= 15 is 0 Å². The zero-order valence-electron chi connectivity index (χ0n) is 7.17. The average Bonchev–Trinajstić information content (AvgIpc) is 1.97. The van der Waals surface area contributed by atoms with Gasteiger partial charge in [-0.05, 0) is 12.3 Å². The molecule has 0 aliphatic carbocycles. The molecule has 0 aliphatic rings. The third-order valence-corrected chi connectivity index (χ3v) is 1.45. The minimum absolute atomic E-state index is 0.0784. The first-order chi connectivity index (χ1) is 5.20. The van der Waals surface area contributed by atoms with Gasteiger partial charge in [0.15, 0.2) is 0 Å². The fourth-order valence-corrected chi connectivity index (χ4v) is 0.981. The maximum absolute atomic E-state index is 8.83. The highest BCUT2D eigenvalue weighted by Crippen LogP contribution is 2.03. The molecule has 1 unspecified atom stereocenters. The van der Waals surface area contributed by atoms with Crippen molar-refractivity contribution >= 4 is 0 Å². The molecule has 1 atom stereocenters. The van der Waals surface area contributed by atoms with Crippen LogP contribution in [0.1, 0.15) is 20.3 Å². The first-order valence-electron chi connectivity index (χ1n) is 3.92. The van der Waals surface area contributed by atoms with Crippen LogP contribution in [-0.2, 0) is 0 Å². The van der Waals surface area contributed by atoms with E-state index in [0.717, 1.165) is 6.42 Å². The van der Waals surface area contributed by atoms with Gasteiger partial charge in [0.25, 0.3) is 0 Å². The van der Waals surface area contributed by atoms with Crippen molar-refractivity contribution < 1.29 is 5.11 Å².